The number of aliphatic carboxylic acids is 1. The quantitative estimate of drug-likeness (QED) is 0.419. The zero-order chi connectivity index (χ0) is 20.8. The van der Waals surface area contributed by atoms with Gasteiger partial charge in [-0.2, -0.15) is 0 Å². The number of ether oxygens (including phenoxy) is 1. The molecule has 7 heteroatoms. The Labute approximate surface area is 178 Å². The van der Waals surface area contributed by atoms with Crippen LogP contribution >= 0.6 is 11.8 Å². The first kappa shape index (κ1) is 19.7. The van der Waals surface area contributed by atoms with Gasteiger partial charge in [-0.05, 0) is 42.0 Å². The van der Waals surface area contributed by atoms with Gasteiger partial charge in [0, 0.05) is 11.3 Å². The Bertz CT molecular complexity index is 1110. The van der Waals surface area contributed by atoms with E-state index in [1.54, 1.807) is 0 Å². The minimum atomic E-state index is -0.899. The summed E-state index contributed by atoms with van der Waals surface area (Å²) < 4.78 is 7.72. The van der Waals surface area contributed by atoms with Crippen LogP contribution in [0.3, 0.4) is 0 Å². The van der Waals surface area contributed by atoms with Crippen molar-refractivity contribution in [3.05, 3.63) is 90.5 Å². The fourth-order valence-corrected chi connectivity index (χ4v) is 3.60. The maximum absolute atomic E-state index is 11.0. The molecule has 0 saturated carbocycles. The molecule has 0 amide bonds. The summed E-state index contributed by atoms with van der Waals surface area (Å²) in [6, 6.07) is 27.3. The van der Waals surface area contributed by atoms with Crippen LogP contribution in [-0.4, -0.2) is 31.6 Å². The van der Waals surface area contributed by atoms with Gasteiger partial charge in [-0.1, -0.05) is 60.3 Å². The summed E-state index contributed by atoms with van der Waals surface area (Å²) >= 11 is 1.14. The van der Waals surface area contributed by atoms with E-state index in [2.05, 4.69) is 10.2 Å². The maximum atomic E-state index is 11.0. The predicted octanol–water partition coefficient (Wildman–Crippen LogP) is 4.69. The van der Waals surface area contributed by atoms with E-state index in [1.807, 2.05) is 89.5 Å². The number of benzene rings is 3. The van der Waals surface area contributed by atoms with Gasteiger partial charge in [-0.3, -0.25) is 9.36 Å². The molecular weight excluding hydrogens is 398 g/mol. The highest BCUT2D eigenvalue weighted by Crippen LogP contribution is 2.29. The fraction of sp³-hybridized carbons (Fsp3) is 0.0870. The van der Waals surface area contributed by atoms with Crippen molar-refractivity contribution in [2.45, 2.75) is 11.8 Å². The predicted molar refractivity (Wildman–Crippen MR) is 116 cm³/mol. The number of carbonyl (C=O) groups is 1. The van der Waals surface area contributed by atoms with Crippen molar-refractivity contribution in [3.63, 3.8) is 0 Å². The molecule has 1 N–H and O–H groups in total. The second-order valence-electron chi connectivity index (χ2n) is 6.46. The smallest absolute Gasteiger partial charge is 0.313 e. The lowest BCUT2D eigenvalue weighted by atomic mass is 10.2. The second-order valence-corrected chi connectivity index (χ2v) is 7.40. The van der Waals surface area contributed by atoms with E-state index in [0.717, 1.165) is 34.3 Å². The third-order valence-electron chi connectivity index (χ3n) is 4.33. The van der Waals surface area contributed by atoms with Crippen molar-refractivity contribution in [1.29, 1.82) is 0 Å². The molecule has 0 atom stereocenters. The Kier molecular flexibility index (Phi) is 6.10. The SMILES string of the molecule is O=C(O)CSc1nnc(-c2ccc(OCc3ccccc3)cc2)n1-c1ccccc1. The van der Waals surface area contributed by atoms with Crippen molar-refractivity contribution in [2.75, 3.05) is 5.75 Å². The van der Waals surface area contributed by atoms with Crippen molar-refractivity contribution < 1.29 is 14.6 Å². The third kappa shape index (κ3) is 4.69. The first-order valence-electron chi connectivity index (χ1n) is 9.33. The number of para-hydroxylation sites is 1. The summed E-state index contributed by atoms with van der Waals surface area (Å²) in [6.07, 6.45) is 0. The van der Waals surface area contributed by atoms with Crippen molar-refractivity contribution in [2.24, 2.45) is 0 Å². The lowest BCUT2D eigenvalue weighted by molar-refractivity contribution is -0.133. The number of carboxylic acids is 1. The van der Waals surface area contributed by atoms with Gasteiger partial charge in [-0.15, -0.1) is 10.2 Å². The first-order chi connectivity index (χ1) is 14.7. The van der Waals surface area contributed by atoms with E-state index in [4.69, 9.17) is 9.84 Å². The van der Waals surface area contributed by atoms with Crippen LogP contribution in [0.4, 0.5) is 0 Å². The number of carboxylic acid groups (broad SMARTS) is 1. The van der Waals surface area contributed by atoms with Crippen molar-refractivity contribution >= 4 is 17.7 Å². The first-order valence-corrected chi connectivity index (χ1v) is 10.3. The molecule has 1 heterocycles. The number of aromatic nitrogens is 3. The number of thioether (sulfide) groups is 1. The summed E-state index contributed by atoms with van der Waals surface area (Å²) in [5, 5.41) is 18.1. The summed E-state index contributed by atoms with van der Waals surface area (Å²) in [5.41, 5.74) is 2.83. The average Bonchev–Trinajstić information content (AvgIpc) is 3.22. The number of nitrogens with zero attached hydrogens (tertiary/aromatic N) is 3. The zero-order valence-electron chi connectivity index (χ0n) is 16.0. The lowest BCUT2D eigenvalue weighted by Crippen LogP contribution is -2.03. The number of rotatable bonds is 8. The monoisotopic (exact) mass is 417 g/mol. The zero-order valence-corrected chi connectivity index (χ0v) is 16.8. The highest BCUT2D eigenvalue weighted by Gasteiger charge is 2.17. The summed E-state index contributed by atoms with van der Waals surface area (Å²) in [7, 11) is 0. The van der Waals surface area contributed by atoms with Gasteiger partial charge in [0.25, 0.3) is 0 Å². The molecule has 0 unspecified atom stereocenters. The van der Waals surface area contributed by atoms with Gasteiger partial charge >= 0.3 is 5.97 Å². The Balaban J connectivity index is 1.59. The Hall–Kier alpha value is -3.58. The molecule has 3 aromatic carbocycles. The Morgan fingerprint density at radius 2 is 1.57 bits per heavy atom. The van der Waals surface area contributed by atoms with E-state index < -0.39 is 5.97 Å². The summed E-state index contributed by atoms with van der Waals surface area (Å²) in [6.45, 7) is 0.496. The molecule has 0 aliphatic heterocycles. The van der Waals surface area contributed by atoms with Crippen LogP contribution in [0.15, 0.2) is 90.1 Å². The van der Waals surface area contributed by atoms with Gasteiger partial charge in [0.15, 0.2) is 11.0 Å². The molecule has 4 rings (SSSR count). The van der Waals surface area contributed by atoms with Gasteiger partial charge in [-0.25, -0.2) is 0 Å². The molecule has 30 heavy (non-hydrogen) atoms. The number of hydrogen-bond acceptors (Lipinski definition) is 5. The minimum Gasteiger partial charge on any atom is -0.489 e. The molecule has 1 aromatic heterocycles. The minimum absolute atomic E-state index is 0.0861. The molecule has 4 aromatic rings. The number of hydrogen-bond donors (Lipinski definition) is 1. The van der Waals surface area contributed by atoms with Gasteiger partial charge in [0.2, 0.25) is 0 Å². The molecule has 0 fully saturated rings. The van der Waals surface area contributed by atoms with E-state index in [-0.39, 0.29) is 5.75 Å². The Morgan fingerprint density at radius 3 is 2.23 bits per heavy atom. The summed E-state index contributed by atoms with van der Waals surface area (Å²) in [4.78, 5) is 11.0. The van der Waals surface area contributed by atoms with E-state index in [9.17, 15) is 4.79 Å². The van der Waals surface area contributed by atoms with Crippen LogP contribution in [0, 0.1) is 0 Å². The van der Waals surface area contributed by atoms with E-state index in [0.29, 0.717) is 17.6 Å². The highest BCUT2D eigenvalue weighted by molar-refractivity contribution is 7.99. The maximum Gasteiger partial charge on any atom is 0.313 e. The van der Waals surface area contributed by atoms with Gasteiger partial charge in [0.1, 0.15) is 12.4 Å². The molecule has 6 nitrogen and oxygen atoms in total. The molecule has 0 saturated heterocycles. The third-order valence-corrected chi connectivity index (χ3v) is 5.25. The van der Waals surface area contributed by atoms with E-state index in [1.165, 1.54) is 0 Å². The van der Waals surface area contributed by atoms with Crippen LogP contribution in [0.2, 0.25) is 0 Å². The second kappa shape index (κ2) is 9.28. The fourth-order valence-electron chi connectivity index (χ4n) is 2.93. The van der Waals surface area contributed by atoms with Crippen LogP contribution in [-0.2, 0) is 11.4 Å². The van der Waals surface area contributed by atoms with Crippen LogP contribution in [0.25, 0.3) is 17.1 Å². The van der Waals surface area contributed by atoms with Gasteiger partial charge in [0.05, 0.1) is 5.75 Å². The van der Waals surface area contributed by atoms with Crippen molar-refractivity contribution in [1.82, 2.24) is 14.8 Å². The molecule has 0 aliphatic rings. The molecule has 0 spiro atoms. The van der Waals surface area contributed by atoms with Gasteiger partial charge < -0.3 is 9.84 Å². The average molecular weight is 417 g/mol. The summed E-state index contributed by atoms with van der Waals surface area (Å²) in [5.74, 6) is 0.415. The van der Waals surface area contributed by atoms with Crippen LogP contribution in [0.1, 0.15) is 5.56 Å². The largest absolute Gasteiger partial charge is 0.489 e. The van der Waals surface area contributed by atoms with E-state index >= 15 is 0 Å². The molecule has 0 bridgehead atoms. The van der Waals surface area contributed by atoms with Crippen molar-refractivity contribution in [3.8, 4) is 22.8 Å². The van der Waals surface area contributed by atoms with Crippen LogP contribution < -0.4 is 4.74 Å². The molecule has 0 radical (unpaired) electrons. The lowest BCUT2D eigenvalue weighted by Gasteiger charge is -2.11. The molecule has 150 valence electrons. The highest BCUT2D eigenvalue weighted by atomic mass is 32.2. The molecule has 0 aliphatic carbocycles. The van der Waals surface area contributed by atoms with Crippen LogP contribution in [0.5, 0.6) is 5.75 Å². The topological polar surface area (TPSA) is 77.2 Å². The molecular formula is C23H19N3O3S. The normalized spacial score (nSPS) is 10.7. The Morgan fingerprint density at radius 1 is 0.900 bits per heavy atom. The standard InChI is InChI=1S/C23H19N3O3S/c27-21(28)16-30-23-25-24-22(26(23)19-9-5-2-6-10-19)18-11-13-20(14-12-18)29-15-17-7-3-1-4-8-17/h1-14H,15-16H2,(H,27,28).